The maximum absolute atomic E-state index is 12.8. The Hall–Kier alpha value is -4.94. The molecule has 1 heterocycles. The molecule has 3 aromatic carbocycles. The number of carbonyl (C=O) groups excluding carboxylic acids is 1. The summed E-state index contributed by atoms with van der Waals surface area (Å²) in [7, 11) is 4.25. The summed E-state index contributed by atoms with van der Waals surface area (Å²) in [5.41, 5.74) is 0.190. The smallest absolute Gasteiger partial charge is 0.302 e. The molecule has 216 valence electrons. The molecule has 0 spiro atoms. The first-order chi connectivity index (χ1) is 19.7. The van der Waals surface area contributed by atoms with Crippen LogP contribution in [0.25, 0.3) is 22.3 Å². The predicted molar refractivity (Wildman–Crippen MR) is 145 cm³/mol. The number of benzene rings is 3. The summed E-state index contributed by atoms with van der Waals surface area (Å²) < 4.78 is 33.5. The third-order valence-corrected chi connectivity index (χ3v) is 6.14. The maximum Gasteiger partial charge on any atom is 0.302 e. The van der Waals surface area contributed by atoms with Crippen molar-refractivity contribution in [1.29, 1.82) is 0 Å². The number of methoxy groups -OCH3 is 3. The zero-order chi connectivity index (χ0) is 29.7. The van der Waals surface area contributed by atoms with E-state index in [0.29, 0.717) is 16.9 Å². The Morgan fingerprint density at radius 2 is 1.66 bits per heavy atom. The highest BCUT2D eigenvalue weighted by Crippen LogP contribution is 2.43. The van der Waals surface area contributed by atoms with Crippen LogP contribution in [0.3, 0.4) is 0 Å². The van der Waals surface area contributed by atoms with Crippen molar-refractivity contribution in [2.24, 2.45) is 0 Å². The molecule has 0 aliphatic carbocycles. The molecule has 3 N–H and O–H groups in total. The molecule has 2 unspecified atom stereocenters. The lowest BCUT2D eigenvalue weighted by Gasteiger charge is -2.26. The molecule has 4 rings (SSSR count). The molecule has 0 aliphatic heterocycles. The zero-order valence-corrected chi connectivity index (χ0v) is 22.6. The maximum atomic E-state index is 12.8. The van der Waals surface area contributed by atoms with Gasteiger partial charge in [-0.15, -0.1) is 0 Å². The number of phenolic OH excluding ortho intramolecular Hbond substituents is 1. The van der Waals surface area contributed by atoms with Crippen LogP contribution < -0.4 is 29.3 Å². The van der Waals surface area contributed by atoms with Gasteiger partial charge in [0.2, 0.25) is 5.75 Å². The summed E-state index contributed by atoms with van der Waals surface area (Å²) in [6, 6.07) is 13.2. The summed E-state index contributed by atoms with van der Waals surface area (Å²) in [5.74, 6) is -0.191. The van der Waals surface area contributed by atoms with Gasteiger partial charge in [-0.3, -0.25) is 9.59 Å². The number of carbonyl (C=O) groups is 1. The van der Waals surface area contributed by atoms with Gasteiger partial charge in [-0.25, -0.2) is 5.26 Å². The van der Waals surface area contributed by atoms with Crippen LogP contribution in [-0.4, -0.2) is 55.5 Å². The molecule has 12 nitrogen and oxygen atoms in total. The molecule has 2 atom stereocenters. The zero-order valence-electron chi connectivity index (χ0n) is 22.6. The summed E-state index contributed by atoms with van der Waals surface area (Å²) in [6.45, 7) is 0.928. The van der Waals surface area contributed by atoms with Crippen LogP contribution in [0, 0.1) is 0 Å². The van der Waals surface area contributed by atoms with Crippen LogP contribution >= 0.6 is 0 Å². The standard InChI is InChI=1S/C29H28O12/c1-15(30)38-14-26(28(33)16-6-5-7-18(8-16)35-2)40-29-24(36-3)9-17(10-25(29)37-4)22-13-21(32)27-20(31)11-19(41-34)12-23(27)39-22/h5-13,26,28,31,33-34H,14H2,1-4H3. The first-order valence-corrected chi connectivity index (χ1v) is 12.2. The van der Waals surface area contributed by atoms with Gasteiger partial charge in [-0.05, 0) is 29.8 Å². The van der Waals surface area contributed by atoms with E-state index < -0.39 is 29.4 Å². The van der Waals surface area contributed by atoms with Crippen molar-refractivity contribution < 1.29 is 53.3 Å². The Kier molecular flexibility index (Phi) is 8.85. The van der Waals surface area contributed by atoms with E-state index in [1.165, 1.54) is 52.5 Å². The van der Waals surface area contributed by atoms with Crippen LogP contribution in [0.4, 0.5) is 0 Å². The highest BCUT2D eigenvalue weighted by molar-refractivity contribution is 5.86. The van der Waals surface area contributed by atoms with Crippen LogP contribution in [0.1, 0.15) is 18.6 Å². The van der Waals surface area contributed by atoms with Gasteiger partial charge in [0.25, 0.3) is 0 Å². The van der Waals surface area contributed by atoms with Crippen molar-refractivity contribution >= 4 is 16.9 Å². The van der Waals surface area contributed by atoms with Crippen LogP contribution in [-0.2, 0) is 9.53 Å². The Morgan fingerprint density at radius 1 is 0.951 bits per heavy atom. The lowest BCUT2D eigenvalue weighted by atomic mass is 10.0. The fourth-order valence-corrected chi connectivity index (χ4v) is 4.16. The number of phenols is 1. The van der Waals surface area contributed by atoms with Crippen molar-refractivity contribution in [3.05, 3.63) is 70.4 Å². The minimum atomic E-state index is -1.26. The van der Waals surface area contributed by atoms with E-state index in [4.69, 9.17) is 33.4 Å². The molecule has 0 saturated carbocycles. The van der Waals surface area contributed by atoms with Gasteiger partial charge in [0.15, 0.2) is 28.8 Å². The summed E-state index contributed by atoms with van der Waals surface area (Å²) in [4.78, 5) is 28.6. The Labute approximate surface area is 233 Å². The first kappa shape index (κ1) is 29.1. The van der Waals surface area contributed by atoms with Gasteiger partial charge >= 0.3 is 5.97 Å². The van der Waals surface area contributed by atoms with Crippen molar-refractivity contribution in [3.63, 3.8) is 0 Å². The normalized spacial score (nSPS) is 12.3. The third-order valence-electron chi connectivity index (χ3n) is 6.14. The predicted octanol–water partition coefficient (Wildman–Crippen LogP) is 4.09. The molecule has 12 heteroatoms. The monoisotopic (exact) mass is 568 g/mol. The fraction of sp³-hybridized carbons (Fsp3) is 0.241. The van der Waals surface area contributed by atoms with Gasteiger partial charge in [0.1, 0.15) is 40.9 Å². The number of aliphatic hydroxyl groups excluding tert-OH is 1. The van der Waals surface area contributed by atoms with E-state index in [-0.39, 0.29) is 46.3 Å². The van der Waals surface area contributed by atoms with Gasteiger partial charge < -0.3 is 43.2 Å². The molecule has 1 aromatic heterocycles. The fourth-order valence-electron chi connectivity index (χ4n) is 4.16. The molecule has 0 aliphatic rings. The summed E-state index contributed by atoms with van der Waals surface area (Å²) in [6.07, 6.45) is -2.36. The van der Waals surface area contributed by atoms with Crippen molar-refractivity contribution in [3.8, 4) is 45.8 Å². The number of hydrogen-bond acceptors (Lipinski definition) is 12. The third kappa shape index (κ3) is 6.29. The number of rotatable bonds is 11. The second kappa shape index (κ2) is 12.5. The van der Waals surface area contributed by atoms with Gasteiger partial charge in [-0.2, -0.15) is 0 Å². The molecular weight excluding hydrogens is 540 g/mol. The van der Waals surface area contributed by atoms with Crippen LogP contribution in [0.15, 0.2) is 63.8 Å². The number of fused-ring (bicyclic) bond motifs is 1. The van der Waals surface area contributed by atoms with E-state index in [9.17, 15) is 19.8 Å². The lowest BCUT2D eigenvalue weighted by Crippen LogP contribution is -2.31. The van der Waals surface area contributed by atoms with Gasteiger partial charge in [0.05, 0.1) is 21.3 Å². The molecule has 0 bridgehead atoms. The first-order valence-electron chi connectivity index (χ1n) is 12.2. The van der Waals surface area contributed by atoms with Crippen molar-refractivity contribution in [2.45, 2.75) is 19.1 Å². The minimum Gasteiger partial charge on any atom is -0.507 e. The van der Waals surface area contributed by atoms with E-state index in [1.54, 1.807) is 24.3 Å². The topological polar surface area (TPSA) is 163 Å². The summed E-state index contributed by atoms with van der Waals surface area (Å²) >= 11 is 0. The largest absolute Gasteiger partial charge is 0.507 e. The van der Waals surface area contributed by atoms with Gasteiger partial charge in [-0.1, -0.05) is 12.1 Å². The van der Waals surface area contributed by atoms with Gasteiger partial charge in [0, 0.05) is 30.7 Å². The highest BCUT2D eigenvalue weighted by Gasteiger charge is 2.28. The number of aromatic hydroxyl groups is 1. The average Bonchev–Trinajstić information content (AvgIpc) is 2.97. The number of ether oxygens (including phenoxy) is 5. The SMILES string of the molecule is COc1cccc(C(O)C(COC(C)=O)Oc2c(OC)cc(-c3cc(=O)c4c(O)cc(OO)cc4o3)cc2OC)c1. The van der Waals surface area contributed by atoms with Crippen LogP contribution in [0.5, 0.6) is 34.5 Å². The summed E-state index contributed by atoms with van der Waals surface area (Å²) in [5, 5.41) is 30.2. The Balaban J connectivity index is 1.77. The van der Waals surface area contributed by atoms with Crippen molar-refractivity contribution in [2.75, 3.05) is 27.9 Å². The van der Waals surface area contributed by atoms with E-state index >= 15 is 0 Å². The molecule has 0 amide bonds. The van der Waals surface area contributed by atoms with E-state index in [1.807, 2.05) is 0 Å². The molecule has 0 saturated heterocycles. The molecule has 0 radical (unpaired) electrons. The van der Waals surface area contributed by atoms with E-state index in [2.05, 4.69) is 4.89 Å². The Bertz CT molecular complexity index is 1580. The van der Waals surface area contributed by atoms with Crippen molar-refractivity contribution in [1.82, 2.24) is 0 Å². The molecule has 0 fully saturated rings. The lowest BCUT2D eigenvalue weighted by molar-refractivity contribution is -0.145. The average molecular weight is 569 g/mol. The molecular formula is C29H28O12. The highest BCUT2D eigenvalue weighted by atomic mass is 17.1. The molecule has 41 heavy (non-hydrogen) atoms. The second-order valence-corrected chi connectivity index (χ2v) is 8.77. The van der Waals surface area contributed by atoms with Crippen LogP contribution in [0.2, 0.25) is 0 Å². The number of hydrogen-bond donors (Lipinski definition) is 3. The molecule has 4 aromatic rings. The quantitative estimate of drug-likeness (QED) is 0.135. The number of esters is 1. The Morgan fingerprint density at radius 3 is 2.27 bits per heavy atom. The second-order valence-electron chi connectivity index (χ2n) is 8.77. The minimum absolute atomic E-state index is 0.0438. The van der Waals surface area contributed by atoms with E-state index in [0.717, 1.165) is 6.07 Å². The number of aliphatic hydroxyl groups is 1.